The molecule has 0 atom stereocenters. The van der Waals surface area contributed by atoms with E-state index < -0.39 is 51.8 Å². The lowest BCUT2D eigenvalue weighted by Gasteiger charge is -2.15. The number of ketones is 1. The molecule has 2 N–H and O–H groups in total. The number of carbonyl (C=O) groups excluding carboxylic acids is 2. The van der Waals surface area contributed by atoms with E-state index in [1.54, 1.807) is 0 Å². The topological polar surface area (TPSA) is 127 Å². The number of Topliss-reactive ketones (excluding diaryl/α,β-unsaturated/α-hetero) is 1. The Kier molecular flexibility index (Phi) is 6.51. The molecule has 0 radical (unpaired) electrons. The minimum Gasteiger partial charge on any atom is -0.481 e. The first kappa shape index (κ1) is 21.5. The van der Waals surface area contributed by atoms with Crippen molar-refractivity contribution in [1.82, 2.24) is 5.32 Å². The zero-order valence-corrected chi connectivity index (χ0v) is 16.9. The van der Waals surface area contributed by atoms with Crippen LogP contribution in [0.15, 0.2) is 48.5 Å². The number of carboxylic acids is 1. The van der Waals surface area contributed by atoms with Gasteiger partial charge in [0.15, 0.2) is 21.7 Å². The smallest absolute Gasteiger partial charge is 0.408 e. The number of carboxylic acid groups (broad SMARTS) is 1. The zero-order chi connectivity index (χ0) is 21.7. The van der Waals surface area contributed by atoms with Crippen LogP contribution >= 0.6 is 0 Å². The predicted molar refractivity (Wildman–Crippen MR) is 109 cm³/mol. The average Bonchev–Trinajstić information content (AvgIpc) is 3.00. The standard InChI is InChI=1S/C21H21NO7S/c23-14(13-30(27,28)11-5-10-19(24)25)12-22-21(26)29-20-17-8-3-1-6-15(17)16-7-2-4-9-18(16)20/h1-4,6-9,20H,5,10-13H2,(H,22,26)(H,24,25). The largest absolute Gasteiger partial charge is 0.481 e. The van der Waals surface area contributed by atoms with Crippen molar-refractivity contribution in [3.63, 3.8) is 0 Å². The fourth-order valence-electron chi connectivity index (χ4n) is 3.37. The average molecular weight is 431 g/mol. The third-order valence-corrected chi connectivity index (χ3v) is 6.33. The summed E-state index contributed by atoms with van der Waals surface area (Å²) in [7, 11) is -3.73. The minimum absolute atomic E-state index is 0.0685. The third-order valence-electron chi connectivity index (χ3n) is 4.66. The molecule has 0 aliphatic heterocycles. The normalized spacial score (nSPS) is 12.7. The van der Waals surface area contributed by atoms with Crippen molar-refractivity contribution in [2.45, 2.75) is 18.9 Å². The highest BCUT2D eigenvalue weighted by molar-refractivity contribution is 7.92. The van der Waals surface area contributed by atoms with Gasteiger partial charge >= 0.3 is 12.1 Å². The number of rotatable bonds is 9. The molecule has 2 aromatic carbocycles. The van der Waals surface area contributed by atoms with Gasteiger partial charge in [0, 0.05) is 17.5 Å². The second kappa shape index (κ2) is 9.08. The maximum absolute atomic E-state index is 12.2. The fourth-order valence-corrected chi connectivity index (χ4v) is 4.69. The van der Waals surface area contributed by atoms with Crippen LogP contribution in [-0.4, -0.2) is 49.4 Å². The first-order valence-corrected chi connectivity index (χ1v) is 11.2. The fraction of sp³-hybridized carbons (Fsp3) is 0.286. The maximum atomic E-state index is 12.2. The van der Waals surface area contributed by atoms with Crippen LogP contribution in [-0.2, 0) is 24.2 Å². The monoisotopic (exact) mass is 431 g/mol. The molecule has 9 heteroatoms. The van der Waals surface area contributed by atoms with E-state index in [9.17, 15) is 22.8 Å². The van der Waals surface area contributed by atoms with Gasteiger partial charge in [-0.2, -0.15) is 0 Å². The molecule has 30 heavy (non-hydrogen) atoms. The summed E-state index contributed by atoms with van der Waals surface area (Å²) in [4.78, 5) is 34.6. The minimum atomic E-state index is -3.73. The Morgan fingerprint density at radius 3 is 2.10 bits per heavy atom. The van der Waals surface area contributed by atoms with Gasteiger partial charge < -0.3 is 15.2 Å². The van der Waals surface area contributed by atoms with Crippen LogP contribution in [0.3, 0.4) is 0 Å². The molecule has 1 aliphatic carbocycles. The summed E-state index contributed by atoms with van der Waals surface area (Å²) in [6.07, 6.45) is -1.81. The van der Waals surface area contributed by atoms with E-state index in [-0.39, 0.29) is 12.8 Å². The van der Waals surface area contributed by atoms with Crippen molar-refractivity contribution in [2.75, 3.05) is 18.1 Å². The highest BCUT2D eigenvalue weighted by Gasteiger charge is 2.31. The second-order valence-corrected chi connectivity index (χ2v) is 9.13. The molecule has 0 fully saturated rings. The predicted octanol–water partition coefficient (Wildman–Crippen LogP) is 2.33. The number of alkyl carbamates (subject to hydrolysis) is 1. The molecule has 1 aliphatic rings. The maximum Gasteiger partial charge on any atom is 0.408 e. The number of hydrogen-bond donors (Lipinski definition) is 2. The number of fused-ring (bicyclic) bond motifs is 3. The van der Waals surface area contributed by atoms with E-state index in [4.69, 9.17) is 9.84 Å². The lowest BCUT2D eigenvalue weighted by Crippen LogP contribution is -2.34. The Morgan fingerprint density at radius 2 is 1.53 bits per heavy atom. The SMILES string of the molecule is O=C(O)CCCS(=O)(=O)CC(=O)CNC(=O)OC1c2ccccc2-c2ccccc21. The van der Waals surface area contributed by atoms with E-state index in [1.165, 1.54) is 0 Å². The molecular weight excluding hydrogens is 410 g/mol. The van der Waals surface area contributed by atoms with Crippen molar-refractivity contribution in [3.05, 3.63) is 59.7 Å². The number of benzene rings is 2. The van der Waals surface area contributed by atoms with Gasteiger partial charge in [0.25, 0.3) is 0 Å². The van der Waals surface area contributed by atoms with Crippen LogP contribution in [0, 0.1) is 0 Å². The number of nitrogens with one attached hydrogen (secondary N) is 1. The molecule has 0 spiro atoms. The van der Waals surface area contributed by atoms with E-state index in [0.717, 1.165) is 22.3 Å². The highest BCUT2D eigenvalue weighted by atomic mass is 32.2. The van der Waals surface area contributed by atoms with Gasteiger partial charge in [-0.3, -0.25) is 9.59 Å². The number of amides is 1. The Bertz CT molecular complexity index is 1030. The van der Waals surface area contributed by atoms with E-state index in [0.29, 0.717) is 0 Å². The summed E-state index contributed by atoms with van der Waals surface area (Å²) >= 11 is 0. The third kappa shape index (κ3) is 5.24. The molecule has 8 nitrogen and oxygen atoms in total. The van der Waals surface area contributed by atoms with Crippen LogP contribution in [0.25, 0.3) is 11.1 Å². The van der Waals surface area contributed by atoms with Gasteiger partial charge in [-0.1, -0.05) is 48.5 Å². The van der Waals surface area contributed by atoms with Crippen LogP contribution in [0.5, 0.6) is 0 Å². The van der Waals surface area contributed by atoms with E-state index >= 15 is 0 Å². The Balaban J connectivity index is 1.55. The lowest BCUT2D eigenvalue weighted by molar-refractivity contribution is -0.137. The first-order valence-electron chi connectivity index (χ1n) is 9.33. The summed E-state index contributed by atoms with van der Waals surface area (Å²) < 4.78 is 29.2. The molecule has 1 amide bonds. The first-order chi connectivity index (χ1) is 14.3. The van der Waals surface area contributed by atoms with Crippen LogP contribution in [0.4, 0.5) is 4.79 Å². The second-order valence-electron chi connectivity index (χ2n) is 6.94. The molecule has 2 aromatic rings. The van der Waals surface area contributed by atoms with Crippen molar-refractivity contribution < 1.29 is 32.6 Å². The molecule has 0 saturated heterocycles. The number of ether oxygens (including phenoxy) is 1. The molecule has 0 heterocycles. The lowest BCUT2D eigenvalue weighted by atomic mass is 10.1. The number of aliphatic carboxylic acids is 1. The van der Waals surface area contributed by atoms with Gasteiger partial charge in [0.2, 0.25) is 0 Å². The summed E-state index contributed by atoms with van der Waals surface area (Å²) in [6, 6.07) is 15.1. The number of carbonyl (C=O) groups is 3. The number of sulfone groups is 1. The van der Waals surface area contributed by atoms with E-state index in [2.05, 4.69) is 5.32 Å². The van der Waals surface area contributed by atoms with Gasteiger partial charge in [0.05, 0.1) is 12.3 Å². The summed E-state index contributed by atoms with van der Waals surface area (Å²) in [5.41, 5.74) is 3.60. The quantitative estimate of drug-likeness (QED) is 0.624. The van der Waals surface area contributed by atoms with Crippen molar-refractivity contribution >= 4 is 27.7 Å². The molecule has 0 unspecified atom stereocenters. The highest BCUT2D eigenvalue weighted by Crippen LogP contribution is 2.44. The van der Waals surface area contributed by atoms with Gasteiger partial charge in [-0.05, 0) is 17.5 Å². The van der Waals surface area contributed by atoms with Crippen molar-refractivity contribution in [1.29, 1.82) is 0 Å². The van der Waals surface area contributed by atoms with Gasteiger partial charge in [-0.25, -0.2) is 13.2 Å². The Hall–Kier alpha value is -3.20. The van der Waals surface area contributed by atoms with E-state index in [1.807, 2.05) is 48.5 Å². The molecule has 0 saturated carbocycles. The molecule has 0 bridgehead atoms. The van der Waals surface area contributed by atoms with Crippen LogP contribution in [0.2, 0.25) is 0 Å². The van der Waals surface area contributed by atoms with Crippen molar-refractivity contribution in [3.8, 4) is 11.1 Å². The van der Waals surface area contributed by atoms with Crippen molar-refractivity contribution in [2.24, 2.45) is 0 Å². The number of hydrogen-bond acceptors (Lipinski definition) is 6. The van der Waals surface area contributed by atoms with Crippen LogP contribution in [0.1, 0.15) is 30.1 Å². The molecule has 0 aromatic heterocycles. The Morgan fingerprint density at radius 1 is 0.967 bits per heavy atom. The summed E-state index contributed by atoms with van der Waals surface area (Å²) in [5.74, 6) is -2.96. The van der Waals surface area contributed by atoms with Gasteiger partial charge in [0.1, 0.15) is 5.75 Å². The Labute approximate surface area is 173 Å². The molecule has 3 rings (SSSR count). The summed E-state index contributed by atoms with van der Waals surface area (Å²) in [6.45, 7) is -0.493. The molecule has 158 valence electrons. The van der Waals surface area contributed by atoms with Crippen LogP contribution < -0.4 is 5.32 Å². The zero-order valence-electron chi connectivity index (χ0n) is 16.0. The van der Waals surface area contributed by atoms with Gasteiger partial charge in [-0.15, -0.1) is 0 Å². The summed E-state index contributed by atoms with van der Waals surface area (Å²) in [5, 5.41) is 10.9. The molecular formula is C21H21NO7S.